The van der Waals surface area contributed by atoms with E-state index >= 15 is 0 Å². The molecule has 11 nitrogen and oxygen atoms in total. The molecule has 32 heavy (non-hydrogen) atoms. The smallest absolute Gasteiger partial charge is 0.304 e. The first-order chi connectivity index (χ1) is 14.5. The summed E-state index contributed by atoms with van der Waals surface area (Å²) in [5.74, 6) is 5.90. The lowest BCUT2D eigenvalue weighted by Crippen LogP contribution is -3.00. The monoisotopic (exact) mass is 529 g/mol. The van der Waals surface area contributed by atoms with Crippen molar-refractivity contribution < 1.29 is 26.8 Å². The third-order valence-corrected chi connectivity index (χ3v) is 5.01. The highest BCUT2D eigenvalue weighted by Gasteiger charge is 2.23. The molecule has 0 aliphatic rings. The van der Waals surface area contributed by atoms with Crippen LogP contribution in [0.15, 0.2) is 45.0 Å². The quantitative estimate of drug-likeness (QED) is 0.117. The Labute approximate surface area is 200 Å². The van der Waals surface area contributed by atoms with Crippen molar-refractivity contribution in [1.29, 1.82) is 0 Å². The molecule has 0 saturated carbocycles. The Morgan fingerprint density at radius 1 is 1.09 bits per heavy atom. The Kier molecular flexibility index (Phi) is 10.3. The van der Waals surface area contributed by atoms with Crippen molar-refractivity contribution in [3.05, 3.63) is 66.2 Å². The second-order valence-electron chi connectivity index (χ2n) is 7.63. The first kappa shape index (κ1) is 27.5. The van der Waals surface area contributed by atoms with Crippen LogP contribution in [0.5, 0.6) is 0 Å². The van der Waals surface area contributed by atoms with Crippen LogP contribution in [0.2, 0.25) is 0 Å². The summed E-state index contributed by atoms with van der Waals surface area (Å²) in [5, 5.41) is 33.7. The zero-order valence-electron chi connectivity index (χ0n) is 17.9. The van der Waals surface area contributed by atoms with E-state index in [1.54, 1.807) is 6.07 Å². The third kappa shape index (κ3) is 8.20. The van der Waals surface area contributed by atoms with Gasteiger partial charge in [-0.15, -0.1) is 5.11 Å². The largest absolute Gasteiger partial charge is 1.00 e. The van der Waals surface area contributed by atoms with Crippen LogP contribution >= 0.6 is 15.9 Å². The average molecular weight is 531 g/mol. The van der Waals surface area contributed by atoms with Crippen LogP contribution in [0.3, 0.4) is 0 Å². The number of quaternary nitrogens is 1. The van der Waals surface area contributed by atoms with E-state index in [0.29, 0.717) is 10.3 Å². The number of hydrogen-bond donors (Lipinski definition) is 2. The average Bonchev–Trinajstić information content (AvgIpc) is 2.66. The van der Waals surface area contributed by atoms with Crippen LogP contribution in [0.4, 0.5) is 22.7 Å². The number of hydrogen-bond acceptors (Lipinski definition) is 8. The van der Waals surface area contributed by atoms with Crippen molar-refractivity contribution in [2.75, 3.05) is 33.7 Å². The van der Waals surface area contributed by atoms with E-state index in [9.17, 15) is 20.2 Å². The topological polar surface area (TPSA) is 149 Å². The normalized spacial score (nSPS) is 11.4. The van der Waals surface area contributed by atoms with Gasteiger partial charge in [-0.1, -0.05) is 12.1 Å². The van der Waals surface area contributed by atoms with Gasteiger partial charge in [0.25, 0.3) is 5.69 Å². The molecule has 2 rings (SSSR count). The molecule has 2 aromatic rings. The summed E-state index contributed by atoms with van der Waals surface area (Å²) in [7, 11) is 3.87. The molecular formula is C19H25BrClN7O4. The van der Waals surface area contributed by atoms with Gasteiger partial charge >= 0.3 is 5.69 Å². The predicted molar refractivity (Wildman–Crippen MR) is 121 cm³/mol. The molecule has 0 fully saturated rings. The van der Waals surface area contributed by atoms with Crippen LogP contribution in [0.1, 0.15) is 11.1 Å². The molecule has 0 spiro atoms. The number of nitrogens with two attached hydrogens (primary N) is 1. The highest BCUT2D eigenvalue weighted by atomic mass is 79.9. The lowest BCUT2D eigenvalue weighted by molar-refractivity contribution is -0.901. The van der Waals surface area contributed by atoms with Gasteiger partial charge in [0, 0.05) is 12.6 Å². The summed E-state index contributed by atoms with van der Waals surface area (Å²) in [6.07, 6.45) is 0.829. The summed E-state index contributed by atoms with van der Waals surface area (Å²) in [6.45, 7) is 4.32. The molecule has 0 atom stereocenters. The SMILES string of the molecule is Cc1cc(CCNCC[N+](C)(C)N)ccc1N=Nc1c(Br)cc([N+](=O)[O-])cc1[N+](=O)[O-].[Cl-]. The fourth-order valence-electron chi connectivity index (χ4n) is 2.73. The van der Waals surface area contributed by atoms with Gasteiger partial charge in [-0.05, 0) is 53.0 Å². The van der Waals surface area contributed by atoms with E-state index in [1.807, 2.05) is 33.2 Å². The number of benzene rings is 2. The maximum Gasteiger partial charge on any atom is 0.304 e. The Balaban J connectivity index is 0.00000512. The first-order valence-corrected chi connectivity index (χ1v) is 10.2. The molecule has 0 saturated heterocycles. The standard InChI is InChI=1S/C19H25BrN7O4.ClH/c1-13-10-14(6-7-22-8-9-27(2,3)21)4-5-17(13)23-24-19-16(20)11-15(25(28)29)12-18(19)26(30)31;/h4-5,10-12,22H,6-9,21H2,1-3H3;1H/q+1;/p-1. The van der Waals surface area contributed by atoms with E-state index < -0.39 is 21.2 Å². The molecule has 13 heteroatoms. The highest BCUT2D eigenvalue weighted by Crippen LogP contribution is 2.40. The van der Waals surface area contributed by atoms with Gasteiger partial charge in [-0.2, -0.15) is 11.0 Å². The van der Waals surface area contributed by atoms with Gasteiger partial charge in [0.15, 0.2) is 5.69 Å². The van der Waals surface area contributed by atoms with Crippen LogP contribution < -0.4 is 23.6 Å². The van der Waals surface area contributed by atoms with Gasteiger partial charge in [-0.25, -0.2) is 0 Å². The Morgan fingerprint density at radius 3 is 2.34 bits per heavy atom. The first-order valence-electron chi connectivity index (χ1n) is 9.44. The minimum Gasteiger partial charge on any atom is -1.00 e. The molecule has 0 unspecified atom stereocenters. The molecule has 0 heterocycles. The van der Waals surface area contributed by atoms with E-state index in [-0.39, 0.29) is 22.6 Å². The van der Waals surface area contributed by atoms with Gasteiger partial charge in [0.2, 0.25) is 0 Å². The third-order valence-electron chi connectivity index (χ3n) is 4.41. The number of nitrogens with one attached hydrogen (secondary N) is 1. The Hall–Kier alpha value is -2.51. The number of non-ortho nitro benzene ring substituents is 1. The lowest BCUT2D eigenvalue weighted by Gasteiger charge is -2.22. The van der Waals surface area contributed by atoms with Gasteiger partial charge in [-0.3, -0.25) is 24.8 Å². The second-order valence-corrected chi connectivity index (χ2v) is 8.49. The number of halogens is 2. The second kappa shape index (κ2) is 11.9. The molecule has 0 aliphatic heterocycles. The molecule has 0 aliphatic carbocycles. The summed E-state index contributed by atoms with van der Waals surface area (Å²) in [5.41, 5.74) is 1.56. The van der Waals surface area contributed by atoms with Crippen molar-refractivity contribution in [3.8, 4) is 0 Å². The molecule has 0 amide bonds. The molecule has 3 N–H and O–H groups in total. The number of nitro benzene ring substituents is 2. The predicted octanol–water partition coefficient (Wildman–Crippen LogP) is 1.08. The van der Waals surface area contributed by atoms with Crippen molar-refractivity contribution >= 4 is 38.7 Å². The summed E-state index contributed by atoms with van der Waals surface area (Å²) in [6, 6.07) is 7.73. The maximum absolute atomic E-state index is 11.3. The molecule has 2 aromatic carbocycles. The number of nitro groups is 2. The molecule has 0 bridgehead atoms. The zero-order valence-corrected chi connectivity index (χ0v) is 20.3. The molecule has 0 aromatic heterocycles. The Bertz CT molecular complexity index is 1010. The van der Waals surface area contributed by atoms with E-state index in [0.717, 1.165) is 49.3 Å². The van der Waals surface area contributed by atoms with Crippen molar-refractivity contribution in [2.24, 2.45) is 16.1 Å². The van der Waals surface area contributed by atoms with Crippen LogP contribution in [-0.2, 0) is 6.42 Å². The minimum absolute atomic E-state index is 0. The number of likely N-dealkylation sites (N-methyl/N-ethyl adjacent to an activating group) is 1. The molecular weight excluding hydrogens is 506 g/mol. The van der Waals surface area contributed by atoms with Gasteiger partial charge in [0.1, 0.15) is 6.54 Å². The number of nitrogens with zero attached hydrogens (tertiary/aromatic N) is 5. The molecule has 174 valence electrons. The summed E-state index contributed by atoms with van der Waals surface area (Å²) < 4.78 is 0.534. The zero-order chi connectivity index (χ0) is 23.2. The number of aryl methyl sites for hydroxylation is 1. The van der Waals surface area contributed by atoms with Crippen LogP contribution in [0.25, 0.3) is 0 Å². The fourth-order valence-corrected chi connectivity index (χ4v) is 3.25. The minimum atomic E-state index is -0.722. The van der Waals surface area contributed by atoms with E-state index in [1.165, 1.54) is 0 Å². The Morgan fingerprint density at radius 2 is 1.78 bits per heavy atom. The summed E-state index contributed by atoms with van der Waals surface area (Å²) in [4.78, 5) is 20.8. The van der Waals surface area contributed by atoms with E-state index in [4.69, 9.17) is 5.84 Å². The van der Waals surface area contributed by atoms with Crippen molar-refractivity contribution in [1.82, 2.24) is 5.32 Å². The molecule has 0 radical (unpaired) electrons. The lowest BCUT2D eigenvalue weighted by atomic mass is 10.1. The van der Waals surface area contributed by atoms with Crippen molar-refractivity contribution in [3.63, 3.8) is 0 Å². The van der Waals surface area contributed by atoms with Crippen LogP contribution in [-0.4, -0.2) is 48.2 Å². The van der Waals surface area contributed by atoms with Gasteiger partial charge in [0.05, 0.1) is 40.2 Å². The summed E-state index contributed by atoms with van der Waals surface area (Å²) >= 11 is 3.11. The number of rotatable bonds is 10. The van der Waals surface area contributed by atoms with Crippen molar-refractivity contribution in [2.45, 2.75) is 13.3 Å². The highest BCUT2D eigenvalue weighted by molar-refractivity contribution is 9.10. The van der Waals surface area contributed by atoms with Crippen LogP contribution in [0, 0.1) is 27.2 Å². The number of azo groups is 1. The van der Waals surface area contributed by atoms with E-state index in [2.05, 4.69) is 31.5 Å². The maximum atomic E-state index is 11.3. The van der Waals surface area contributed by atoms with Gasteiger partial charge < -0.3 is 17.7 Å². The fraction of sp³-hybridized carbons (Fsp3) is 0.368.